The second-order valence-corrected chi connectivity index (χ2v) is 8.11. The van der Waals surface area contributed by atoms with Crippen molar-refractivity contribution in [3.05, 3.63) is 63.0 Å². The van der Waals surface area contributed by atoms with Crippen LogP contribution in [0.15, 0.2) is 41.5 Å². The van der Waals surface area contributed by atoms with Crippen molar-refractivity contribution in [3.8, 4) is 0 Å². The molecule has 0 N–H and O–H groups in total. The summed E-state index contributed by atoms with van der Waals surface area (Å²) < 4.78 is 17.0. The van der Waals surface area contributed by atoms with Crippen LogP contribution in [0.3, 0.4) is 0 Å². The minimum atomic E-state index is -0.564. The van der Waals surface area contributed by atoms with Gasteiger partial charge in [-0.2, -0.15) is 0 Å². The lowest BCUT2D eigenvalue weighted by atomic mass is 10.2. The molecule has 0 unspecified atom stereocenters. The summed E-state index contributed by atoms with van der Waals surface area (Å²) in [5, 5.41) is 0.301. The number of esters is 2. The zero-order valence-corrected chi connectivity index (χ0v) is 18.4. The first kappa shape index (κ1) is 22.6. The van der Waals surface area contributed by atoms with Crippen molar-refractivity contribution >= 4 is 33.5 Å². The zero-order valence-electron chi connectivity index (χ0n) is 17.6. The summed E-state index contributed by atoms with van der Waals surface area (Å²) in [5.41, 5.74) is 0.951. The number of rotatable bonds is 9. The number of benzene rings is 1. The first-order valence-electron chi connectivity index (χ1n) is 9.83. The van der Waals surface area contributed by atoms with Crippen LogP contribution in [-0.2, 0) is 32.2 Å². The smallest absolute Gasteiger partial charge is 0.349 e. The molecular formula is C22H24N2O6S. The monoisotopic (exact) mass is 444 g/mol. The Balaban J connectivity index is 1.70. The highest BCUT2D eigenvalue weighted by molar-refractivity contribution is 7.20. The Morgan fingerprint density at radius 1 is 1.13 bits per heavy atom. The minimum absolute atomic E-state index is 0.0445. The fourth-order valence-electron chi connectivity index (χ4n) is 2.88. The lowest BCUT2D eigenvalue weighted by Gasteiger charge is -2.09. The van der Waals surface area contributed by atoms with Gasteiger partial charge in [0.1, 0.15) is 29.5 Å². The fourth-order valence-corrected chi connectivity index (χ4v) is 3.91. The number of hydrogen-bond donors (Lipinski definition) is 0. The van der Waals surface area contributed by atoms with E-state index in [-0.39, 0.29) is 32.5 Å². The molecule has 9 heteroatoms. The second kappa shape index (κ2) is 10.3. The van der Waals surface area contributed by atoms with Gasteiger partial charge in [0.2, 0.25) is 0 Å². The molecule has 8 nitrogen and oxygen atoms in total. The summed E-state index contributed by atoms with van der Waals surface area (Å²) in [6.45, 7) is 5.70. The van der Waals surface area contributed by atoms with Gasteiger partial charge in [-0.1, -0.05) is 30.3 Å². The number of ether oxygens (including phenoxy) is 3. The molecule has 2 aromatic heterocycles. The van der Waals surface area contributed by atoms with E-state index in [1.54, 1.807) is 6.92 Å². The van der Waals surface area contributed by atoms with E-state index < -0.39 is 17.5 Å². The Morgan fingerprint density at radius 3 is 2.58 bits per heavy atom. The van der Waals surface area contributed by atoms with Crippen LogP contribution in [-0.4, -0.2) is 40.8 Å². The Hall–Kier alpha value is -3.04. The number of hydrogen-bond acceptors (Lipinski definition) is 8. The Kier molecular flexibility index (Phi) is 7.54. The third-order valence-corrected chi connectivity index (χ3v) is 5.59. The molecule has 3 aromatic rings. The number of carbonyl (C=O) groups is 2. The summed E-state index contributed by atoms with van der Waals surface area (Å²) in [6.07, 6.45) is 1.33. The summed E-state index contributed by atoms with van der Waals surface area (Å²) in [5.74, 6) is -1.08. The average Bonchev–Trinajstić information content (AvgIpc) is 3.09. The van der Waals surface area contributed by atoms with E-state index in [9.17, 15) is 14.4 Å². The normalized spacial score (nSPS) is 11.1. The van der Waals surface area contributed by atoms with Crippen molar-refractivity contribution in [1.29, 1.82) is 0 Å². The molecule has 0 spiro atoms. The second-order valence-electron chi connectivity index (χ2n) is 7.12. The van der Waals surface area contributed by atoms with Crippen LogP contribution in [0.5, 0.6) is 0 Å². The van der Waals surface area contributed by atoms with Gasteiger partial charge in [-0.15, -0.1) is 11.3 Å². The Morgan fingerprint density at radius 2 is 1.87 bits per heavy atom. The minimum Gasteiger partial charge on any atom is -0.462 e. The maximum atomic E-state index is 12.9. The summed E-state index contributed by atoms with van der Waals surface area (Å²) in [7, 11) is 0. The van der Waals surface area contributed by atoms with Gasteiger partial charge < -0.3 is 14.2 Å². The number of aryl methyl sites for hydroxylation is 1. The molecular weight excluding hydrogens is 420 g/mol. The van der Waals surface area contributed by atoms with E-state index in [0.717, 1.165) is 16.9 Å². The van der Waals surface area contributed by atoms with E-state index in [1.807, 2.05) is 44.2 Å². The van der Waals surface area contributed by atoms with Crippen LogP contribution >= 0.6 is 11.3 Å². The maximum Gasteiger partial charge on any atom is 0.349 e. The van der Waals surface area contributed by atoms with Crippen molar-refractivity contribution in [2.24, 2.45) is 0 Å². The largest absolute Gasteiger partial charge is 0.462 e. The van der Waals surface area contributed by atoms with Crippen molar-refractivity contribution in [1.82, 2.24) is 9.55 Å². The van der Waals surface area contributed by atoms with Crippen molar-refractivity contribution < 1.29 is 23.8 Å². The van der Waals surface area contributed by atoms with Gasteiger partial charge in [0, 0.05) is 0 Å². The molecule has 31 heavy (non-hydrogen) atoms. The van der Waals surface area contributed by atoms with Crippen LogP contribution < -0.4 is 5.56 Å². The SMILES string of the molecule is Cc1c(C(=O)OCc2ccccc2)sc2ncn(CC(=O)OCCOC(C)C)c(=O)c12. The van der Waals surface area contributed by atoms with Gasteiger partial charge in [-0.25, -0.2) is 9.78 Å². The Labute approximate surface area is 183 Å². The summed E-state index contributed by atoms with van der Waals surface area (Å²) in [6, 6.07) is 9.33. The molecule has 0 atom stereocenters. The summed E-state index contributed by atoms with van der Waals surface area (Å²) in [4.78, 5) is 42.4. The van der Waals surface area contributed by atoms with Crippen molar-refractivity contribution in [2.45, 2.75) is 40.0 Å². The lowest BCUT2D eigenvalue weighted by molar-refractivity contribution is -0.146. The van der Waals surface area contributed by atoms with Gasteiger partial charge >= 0.3 is 11.9 Å². The van der Waals surface area contributed by atoms with E-state index >= 15 is 0 Å². The Bertz CT molecular complexity index is 1120. The third kappa shape index (κ3) is 5.77. The number of aromatic nitrogens is 2. The molecule has 164 valence electrons. The third-order valence-electron chi connectivity index (χ3n) is 4.41. The first-order valence-corrected chi connectivity index (χ1v) is 10.6. The fraction of sp³-hybridized carbons (Fsp3) is 0.364. The molecule has 0 radical (unpaired) electrons. The van der Waals surface area contributed by atoms with E-state index in [4.69, 9.17) is 14.2 Å². The zero-order chi connectivity index (χ0) is 22.4. The van der Waals surface area contributed by atoms with Gasteiger partial charge in [0.15, 0.2) is 0 Å². The quantitative estimate of drug-likeness (QED) is 0.370. The van der Waals surface area contributed by atoms with Gasteiger partial charge in [0.05, 0.1) is 24.4 Å². The molecule has 0 fully saturated rings. The topological polar surface area (TPSA) is 96.7 Å². The van der Waals surface area contributed by atoms with E-state index in [1.165, 1.54) is 10.9 Å². The standard InChI is InChI=1S/C22H24N2O6S/c1-14(2)28-9-10-29-17(25)11-24-13-23-20-18(21(24)26)15(3)19(31-20)22(27)30-12-16-7-5-4-6-8-16/h4-8,13-14H,9-12H2,1-3H3. The predicted molar refractivity (Wildman–Crippen MR) is 116 cm³/mol. The highest BCUT2D eigenvalue weighted by Crippen LogP contribution is 2.27. The van der Waals surface area contributed by atoms with Crippen LogP contribution in [0.1, 0.15) is 34.6 Å². The molecule has 0 saturated carbocycles. The van der Waals surface area contributed by atoms with Crippen LogP contribution in [0.4, 0.5) is 0 Å². The highest BCUT2D eigenvalue weighted by Gasteiger charge is 2.21. The average molecular weight is 445 g/mol. The predicted octanol–water partition coefficient (Wildman–Crippen LogP) is 3.09. The van der Waals surface area contributed by atoms with Gasteiger partial charge in [0.25, 0.3) is 5.56 Å². The molecule has 0 aliphatic heterocycles. The lowest BCUT2D eigenvalue weighted by Crippen LogP contribution is -2.26. The van der Waals surface area contributed by atoms with Crippen LogP contribution in [0.2, 0.25) is 0 Å². The number of nitrogens with zero attached hydrogens (tertiary/aromatic N) is 2. The van der Waals surface area contributed by atoms with Gasteiger partial charge in [-0.3, -0.25) is 14.2 Å². The molecule has 0 bridgehead atoms. The summed E-state index contributed by atoms with van der Waals surface area (Å²) >= 11 is 1.10. The number of thiophene rings is 1. The van der Waals surface area contributed by atoms with Crippen molar-refractivity contribution in [3.63, 3.8) is 0 Å². The molecule has 0 aliphatic carbocycles. The van der Waals surface area contributed by atoms with Crippen LogP contribution in [0.25, 0.3) is 10.2 Å². The van der Waals surface area contributed by atoms with E-state index in [2.05, 4.69) is 4.98 Å². The van der Waals surface area contributed by atoms with Crippen LogP contribution in [0, 0.1) is 6.92 Å². The molecule has 0 aliphatic rings. The molecule has 3 rings (SSSR count). The van der Waals surface area contributed by atoms with E-state index in [0.29, 0.717) is 20.7 Å². The maximum absolute atomic E-state index is 12.9. The highest BCUT2D eigenvalue weighted by atomic mass is 32.1. The number of carbonyl (C=O) groups excluding carboxylic acids is 2. The molecule has 1 aromatic carbocycles. The first-order chi connectivity index (χ1) is 14.9. The molecule has 0 saturated heterocycles. The number of fused-ring (bicyclic) bond motifs is 1. The van der Waals surface area contributed by atoms with Crippen molar-refractivity contribution in [2.75, 3.05) is 13.2 Å². The molecule has 2 heterocycles. The molecule has 0 amide bonds. The van der Waals surface area contributed by atoms with Gasteiger partial charge in [-0.05, 0) is 31.9 Å².